The van der Waals surface area contributed by atoms with Crippen LogP contribution >= 0.6 is 11.6 Å². The summed E-state index contributed by atoms with van der Waals surface area (Å²) in [6, 6.07) is 13.6. The van der Waals surface area contributed by atoms with E-state index < -0.39 is 6.10 Å². The zero-order valence-corrected chi connectivity index (χ0v) is 14.1. The highest BCUT2D eigenvalue weighted by atomic mass is 35.5. The Hall–Kier alpha value is -3.04. The predicted molar refractivity (Wildman–Crippen MR) is 93.7 cm³/mol. The molecule has 3 rings (SSSR count). The van der Waals surface area contributed by atoms with E-state index in [2.05, 4.69) is 5.32 Å². The summed E-state index contributed by atoms with van der Waals surface area (Å²) in [7, 11) is 0. The van der Waals surface area contributed by atoms with Gasteiger partial charge >= 0.3 is 0 Å². The van der Waals surface area contributed by atoms with Crippen molar-refractivity contribution in [2.75, 3.05) is 16.8 Å². The monoisotopic (exact) mass is 355 g/mol. The number of hydrogen-bond acceptors (Lipinski definition) is 4. The fraction of sp³-hybridized carbons (Fsp3) is 0.167. The topological polar surface area (TPSA) is 82.4 Å². The number of carbonyl (C=O) groups is 2. The number of anilines is 2. The zero-order chi connectivity index (χ0) is 18.0. The number of para-hydroxylation sites is 2. The van der Waals surface area contributed by atoms with Crippen LogP contribution in [0.4, 0.5) is 11.4 Å². The molecule has 0 bridgehead atoms. The fourth-order valence-electron chi connectivity index (χ4n) is 2.56. The average Bonchev–Trinajstić information content (AvgIpc) is 2.61. The summed E-state index contributed by atoms with van der Waals surface area (Å²) in [5, 5.41) is 11.8. The number of hydrogen-bond donors (Lipinski definition) is 1. The maximum Gasteiger partial charge on any atom is 0.268 e. The molecule has 6 nitrogen and oxygen atoms in total. The molecular formula is C18H14ClN3O3. The average molecular weight is 356 g/mol. The van der Waals surface area contributed by atoms with Crippen LogP contribution in [0, 0.1) is 11.3 Å². The molecule has 0 unspecified atom stereocenters. The Labute approximate surface area is 149 Å². The van der Waals surface area contributed by atoms with Gasteiger partial charge in [-0.25, -0.2) is 0 Å². The Bertz CT molecular complexity index is 891. The first-order chi connectivity index (χ1) is 12.0. The van der Waals surface area contributed by atoms with E-state index in [1.807, 2.05) is 6.07 Å². The van der Waals surface area contributed by atoms with Crippen molar-refractivity contribution in [2.45, 2.75) is 13.0 Å². The number of ether oxygens (including phenoxy) is 1. The third-order valence-corrected chi connectivity index (χ3v) is 4.04. The Morgan fingerprint density at radius 3 is 2.84 bits per heavy atom. The molecule has 1 aliphatic rings. The zero-order valence-electron chi connectivity index (χ0n) is 13.3. The first kappa shape index (κ1) is 16.8. The highest BCUT2D eigenvalue weighted by Gasteiger charge is 2.30. The van der Waals surface area contributed by atoms with E-state index >= 15 is 0 Å². The van der Waals surface area contributed by atoms with E-state index in [1.165, 1.54) is 11.0 Å². The summed E-state index contributed by atoms with van der Waals surface area (Å²) in [6.07, 6.45) is -0.857. The van der Waals surface area contributed by atoms with Gasteiger partial charge in [0.05, 0.1) is 28.0 Å². The van der Waals surface area contributed by atoms with Crippen molar-refractivity contribution in [3.05, 3.63) is 53.1 Å². The molecule has 0 fully saturated rings. The molecule has 0 aromatic heterocycles. The number of nitrogens with zero attached hydrogens (tertiary/aromatic N) is 2. The van der Waals surface area contributed by atoms with Crippen molar-refractivity contribution in [3.63, 3.8) is 0 Å². The van der Waals surface area contributed by atoms with Crippen molar-refractivity contribution in [3.8, 4) is 11.8 Å². The minimum Gasteiger partial charge on any atom is -0.479 e. The van der Waals surface area contributed by atoms with Gasteiger partial charge in [0.2, 0.25) is 5.91 Å². The van der Waals surface area contributed by atoms with Gasteiger partial charge in [-0.15, -0.1) is 0 Å². The van der Waals surface area contributed by atoms with E-state index in [9.17, 15) is 9.59 Å². The normalized spacial score (nSPS) is 14.1. The fourth-order valence-corrected chi connectivity index (χ4v) is 2.78. The van der Waals surface area contributed by atoms with E-state index in [0.29, 0.717) is 22.7 Å². The molecule has 0 spiro atoms. The standard InChI is InChI=1S/C18H14ClN3O3/c1-11(25-16-7-6-12(9-20)8-13(16)19)18(24)22-10-17(23)21-14-4-2-3-5-15(14)22/h2-8,11H,10H2,1H3,(H,21,23)/t11-/m0/s1. The van der Waals surface area contributed by atoms with Gasteiger partial charge in [-0.2, -0.15) is 5.26 Å². The second kappa shape index (κ2) is 6.83. The van der Waals surface area contributed by atoms with Gasteiger partial charge < -0.3 is 10.1 Å². The number of halogens is 1. The number of fused-ring (bicyclic) bond motifs is 1. The summed E-state index contributed by atoms with van der Waals surface area (Å²) >= 11 is 6.08. The molecule has 1 aliphatic heterocycles. The van der Waals surface area contributed by atoms with E-state index in [0.717, 1.165) is 0 Å². The first-order valence-electron chi connectivity index (χ1n) is 7.56. The van der Waals surface area contributed by atoms with Crippen molar-refractivity contribution in [2.24, 2.45) is 0 Å². The molecule has 0 saturated heterocycles. The van der Waals surface area contributed by atoms with Gasteiger partial charge in [0.25, 0.3) is 5.91 Å². The van der Waals surface area contributed by atoms with Gasteiger partial charge in [-0.3, -0.25) is 14.5 Å². The summed E-state index contributed by atoms with van der Waals surface area (Å²) < 4.78 is 5.65. The third-order valence-electron chi connectivity index (χ3n) is 3.75. The minimum absolute atomic E-state index is 0.0787. The molecule has 2 amide bonds. The maximum atomic E-state index is 12.8. The quantitative estimate of drug-likeness (QED) is 0.917. The molecule has 0 radical (unpaired) electrons. The van der Waals surface area contributed by atoms with Crippen LogP contribution in [-0.2, 0) is 9.59 Å². The predicted octanol–water partition coefficient (Wildman–Crippen LogP) is 2.96. The van der Waals surface area contributed by atoms with Crippen LogP contribution in [0.25, 0.3) is 0 Å². The lowest BCUT2D eigenvalue weighted by molar-refractivity contribution is -0.126. The molecule has 126 valence electrons. The molecule has 0 aliphatic carbocycles. The molecule has 2 aromatic rings. The highest BCUT2D eigenvalue weighted by molar-refractivity contribution is 6.32. The van der Waals surface area contributed by atoms with Gasteiger partial charge in [0.1, 0.15) is 12.3 Å². The van der Waals surface area contributed by atoms with Crippen LogP contribution in [0.2, 0.25) is 5.02 Å². The molecule has 1 heterocycles. The molecule has 7 heteroatoms. The second-order valence-electron chi connectivity index (χ2n) is 5.51. The summed E-state index contributed by atoms with van der Waals surface area (Å²) in [4.78, 5) is 26.0. The summed E-state index contributed by atoms with van der Waals surface area (Å²) in [5.41, 5.74) is 1.60. The Morgan fingerprint density at radius 2 is 2.12 bits per heavy atom. The van der Waals surface area contributed by atoms with Crippen molar-refractivity contribution >= 4 is 34.8 Å². The number of carbonyl (C=O) groups excluding carboxylic acids is 2. The molecule has 25 heavy (non-hydrogen) atoms. The van der Waals surface area contributed by atoms with Crippen LogP contribution in [0.5, 0.6) is 5.75 Å². The highest BCUT2D eigenvalue weighted by Crippen LogP contribution is 2.31. The lowest BCUT2D eigenvalue weighted by atomic mass is 10.1. The van der Waals surface area contributed by atoms with Gasteiger partial charge in [-0.1, -0.05) is 23.7 Å². The molecule has 0 saturated carbocycles. The number of amides is 2. The smallest absolute Gasteiger partial charge is 0.268 e. The largest absolute Gasteiger partial charge is 0.479 e. The lowest BCUT2D eigenvalue weighted by Crippen LogP contribution is -2.47. The Morgan fingerprint density at radius 1 is 1.36 bits per heavy atom. The lowest BCUT2D eigenvalue weighted by Gasteiger charge is -2.31. The molecular weight excluding hydrogens is 342 g/mol. The number of nitriles is 1. The third kappa shape index (κ3) is 3.42. The van der Waals surface area contributed by atoms with Gasteiger partial charge in [-0.05, 0) is 37.3 Å². The Kier molecular flexibility index (Phi) is 4.59. The van der Waals surface area contributed by atoms with Crippen LogP contribution in [-0.4, -0.2) is 24.5 Å². The Balaban J connectivity index is 1.82. The van der Waals surface area contributed by atoms with Gasteiger partial charge in [0.15, 0.2) is 6.10 Å². The summed E-state index contributed by atoms with van der Waals surface area (Å²) in [6.45, 7) is 1.51. The van der Waals surface area contributed by atoms with E-state index in [1.54, 1.807) is 43.3 Å². The van der Waals surface area contributed by atoms with E-state index in [-0.39, 0.29) is 23.4 Å². The second-order valence-corrected chi connectivity index (χ2v) is 5.91. The maximum absolute atomic E-state index is 12.8. The van der Waals surface area contributed by atoms with Crippen molar-refractivity contribution in [1.82, 2.24) is 0 Å². The first-order valence-corrected chi connectivity index (χ1v) is 7.94. The van der Waals surface area contributed by atoms with Crippen molar-refractivity contribution < 1.29 is 14.3 Å². The van der Waals surface area contributed by atoms with Crippen LogP contribution in [0.1, 0.15) is 12.5 Å². The van der Waals surface area contributed by atoms with Crippen LogP contribution in [0.15, 0.2) is 42.5 Å². The van der Waals surface area contributed by atoms with Gasteiger partial charge in [0, 0.05) is 0 Å². The molecule has 1 atom stereocenters. The number of benzene rings is 2. The number of rotatable bonds is 3. The van der Waals surface area contributed by atoms with Crippen LogP contribution in [0.3, 0.4) is 0 Å². The SMILES string of the molecule is C[C@H](Oc1ccc(C#N)cc1Cl)C(=O)N1CC(=O)Nc2ccccc21. The van der Waals surface area contributed by atoms with Crippen LogP contribution < -0.4 is 15.0 Å². The van der Waals surface area contributed by atoms with E-state index in [4.69, 9.17) is 21.6 Å². The minimum atomic E-state index is -0.857. The summed E-state index contributed by atoms with van der Waals surface area (Å²) in [5.74, 6) is -0.324. The van der Waals surface area contributed by atoms with Crippen molar-refractivity contribution in [1.29, 1.82) is 5.26 Å². The number of nitrogens with one attached hydrogen (secondary N) is 1. The molecule has 2 aromatic carbocycles. The molecule has 1 N–H and O–H groups in total.